The molecule has 2 unspecified atom stereocenters. The largest absolute Gasteiger partial charge is 0.481 e. The van der Waals surface area contributed by atoms with Gasteiger partial charge in [0.1, 0.15) is 6.07 Å². The van der Waals surface area contributed by atoms with Crippen molar-refractivity contribution in [3.63, 3.8) is 0 Å². The molecule has 1 saturated heterocycles. The second kappa shape index (κ2) is 6.36. The maximum Gasteiger partial charge on any atom is 0.307 e. The number of piperidine rings is 1. The maximum atomic E-state index is 12.7. The van der Waals surface area contributed by atoms with Gasteiger partial charge >= 0.3 is 5.97 Å². The number of carboxylic acid groups (broad SMARTS) is 1. The molecule has 1 aliphatic rings. The molecule has 1 fully saturated rings. The van der Waals surface area contributed by atoms with Crippen LogP contribution in [0.4, 0.5) is 0 Å². The zero-order valence-electron chi connectivity index (χ0n) is 11.9. The Morgan fingerprint density at radius 2 is 2.14 bits per heavy atom. The fourth-order valence-corrected chi connectivity index (χ4v) is 4.85. The molecule has 22 heavy (non-hydrogen) atoms. The topological polar surface area (TPSA) is 98.5 Å². The first-order valence-electron chi connectivity index (χ1n) is 6.71. The highest BCUT2D eigenvalue weighted by Crippen LogP contribution is 2.30. The van der Waals surface area contributed by atoms with E-state index >= 15 is 0 Å². The molecular formula is C14H15BrN2O4S. The highest BCUT2D eigenvalue weighted by atomic mass is 79.9. The van der Waals surface area contributed by atoms with Crippen molar-refractivity contribution in [2.45, 2.75) is 30.7 Å². The molecule has 0 aliphatic carbocycles. The van der Waals surface area contributed by atoms with Gasteiger partial charge in [-0.25, -0.2) is 8.42 Å². The number of rotatable bonds is 3. The van der Waals surface area contributed by atoms with Crippen LogP contribution < -0.4 is 0 Å². The van der Waals surface area contributed by atoms with E-state index < -0.39 is 21.9 Å². The van der Waals surface area contributed by atoms with E-state index in [1.54, 1.807) is 6.92 Å². The van der Waals surface area contributed by atoms with Crippen molar-refractivity contribution in [3.8, 4) is 6.07 Å². The standard InChI is InChI=1S/C14H15BrN2O4S/c1-9-2-3-11(14(18)19)8-17(9)22(20,21)12-5-4-10(7-16)13(15)6-12/h4-6,9,11H,2-3,8H2,1H3,(H,18,19). The summed E-state index contributed by atoms with van der Waals surface area (Å²) in [6.45, 7) is 1.74. The van der Waals surface area contributed by atoms with Gasteiger partial charge in [0.2, 0.25) is 10.0 Å². The number of carboxylic acids is 1. The molecule has 8 heteroatoms. The molecule has 0 spiro atoms. The highest BCUT2D eigenvalue weighted by molar-refractivity contribution is 9.10. The summed E-state index contributed by atoms with van der Waals surface area (Å²) in [5.41, 5.74) is 0.342. The third-order valence-corrected chi connectivity index (χ3v) is 6.47. The van der Waals surface area contributed by atoms with Gasteiger partial charge in [-0.15, -0.1) is 0 Å². The SMILES string of the molecule is CC1CCC(C(=O)O)CN1S(=O)(=O)c1ccc(C#N)c(Br)c1. The van der Waals surface area contributed by atoms with E-state index in [0.29, 0.717) is 22.9 Å². The molecular weight excluding hydrogens is 372 g/mol. The van der Waals surface area contributed by atoms with Gasteiger partial charge in [0, 0.05) is 17.1 Å². The Kier molecular flexibility index (Phi) is 4.90. The van der Waals surface area contributed by atoms with Crippen LogP contribution in [0.3, 0.4) is 0 Å². The van der Waals surface area contributed by atoms with Crippen LogP contribution in [0, 0.1) is 17.2 Å². The number of nitriles is 1. The van der Waals surface area contributed by atoms with Gasteiger partial charge < -0.3 is 5.11 Å². The number of hydrogen-bond donors (Lipinski definition) is 1. The molecule has 0 radical (unpaired) electrons. The molecule has 1 aromatic carbocycles. The van der Waals surface area contributed by atoms with E-state index in [4.69, 9.17) is 10.4 Å². The predicted molar refractivity (Wildman–Crippen MR) is 82.6 cm³/mol. The Labute approximate surface area is 137 Å². The Morgan fingerprint density at radius 1 is 1.45 bits per heavy atom. The first-order chi connectivity index (χ1) is 10.3. The number of benzene rings is 1. The first kappa shape index (κ1) is 16.9. The van der Waals surface area contributed by atoms with Gasteiger partial charge in [0.15, 0.2) is 0 Å². The fourth-order valence-electron chi connectivity index (χ4n) is 2.49. The maximum absolute atomic E-state index is 12.7. The highest BCUT2D eigenvalue weighted by Gasteiger charge is 2.37. The second-order valence-corrected chi connectivity index (χ2v) is 8.03. The van der Waals surface area contributed by atoms with Crippen molar-refractivity contribution >= 4 is 31.9 Å². The number of halogens is 1. The van der Waals surface area contributed by atoms with E-state index in [1.165, 1.54) is 22.5 Å². The van der Waals surface area contributed by atoms with E-state index in [1.807, 2.05) is 6.07 Å². The second-order valence-electron chi connectivity index (χ2n) is 5.29. The Hall–Kier alpha value is -1.43. The van der Waals surface area contributed by atoms with Crippen LogP contribution in [0.25, 0.3) is 0 Å². The molecule has 2 rings (SSSR count). The zero-order valence-corrected chi connectivity index (χ0v) is 14.3. The van der Waals surface area contributed by atoms with Crippen LogP contribution in [0.2, 0.25) is 0 Å². The van der Waals surface area contributed by atoms with Crippen LogP contribution in [-0.2, 0) is 14.8 Å². The van der Waals surface area contributed by atoms with Crippen LogP contribution in [0.5, 0.6) is 0 Å². The molecule has 2 atom stereocenters. The van der Waals surface area contributed by atoms with Crippen molar-refractivity contribution in [3.05, 3.63) is 28.2 Å². The number of hydrogen-bond acceptors (Lipinski definition) is 4. The Morgan fingerprint density at radius 3 is 2.68 bits per heavy atom. The van der Waals surface area contributed by atoms with Gasteiger partial charge in [-0.3, -0.25) is 4.79 Å². The van der Waals surface area contributed by atoms with E-state index in [2.05, 4.69) is 15.9 Å². The average Bonchev–Trinajstić information content (AvgIpc) is 2.47. The normalized spacial score (nSPS) is 23.0. The zero-order chi connectivity index (χ0) is 16.5. The third kappa shape index (κ3) is 3.16. The molecule has 6 nitrogen and oxygen atoms in total. The van der Waals surface area contributed by atoms with Crippen LogP contribution >= 0.6 is 15.9 Å². The summed E-state index contributed by atoms with van der Waals surface area (Å²) in [7, 11) is -3.79. The molecule has 118 valence electrons. The van der Waals surface area contributed by atoms with E-state index in [0.717, 1.165) is 0 Å². The minimum Gasteiger partial charge on any atom is -0.481 e. The lowest BCUT2D eigenvalue weighted by Gasteiger charge is -2.35. The Bertz CT molecular complexity index is 742. The van der Waals surface area contributed by atoms with Crippen molar-refractivity contribution < 1.29 is 18.3 Å². The molecule has 1 aromatic rings. The quantitative estimate of drug-likeness (QED) is 0.857. The lowest BCUT2D eigenvalue weighted by molar-refractivity contribution is -0.143. The van der Waals surface area contributed by atoms with Gasteiger partial charge in [-0.1, -0.05) is 0 Å². The van der Waals surface area contributed by atoms with Crippen molar-refractivity contribution in [1.29, 1.82) is 5.26 Å². The molecule has 0 aromatic heterocycles. The first-order valence-corrected chi connectivity index (χ1v) is 8.95. The monoisotopic (exact) mass is 386 g/mol. The summed E-state index contributed by atoms with van der Waals surface area (Å²) in [6.07, 6.45) is 0.979. The fraction of sp³-hybridized carbons (Fsp3) is 0.429. The summed E-state index contributed by atoms with van der Waals surface area (Å²) >= 11 is 3.17. The van der Waals surface area contributed by atoms with E-state index in [9.17, 15) is 13.2 Å². The van der Waals surface area contributed by atoms with Crippen molar-refractivity contribution in [1.82, 2.24) is 4.31 Å². The average molecular weight is 387 g/mol. The van der Waals surface area contributed by atoms with Crippen LogP contribution in [0.1, 0.15) is 25.3 Å². The van der Waals surface area contributed by atoms with Gasteiger partial charge in [0.05, 0.1) is 16.4 Å². The smallest absolute Gasteiger partial charge is 0.307 e. The minimum absolute atomic E-state index is 0.0313. The van der Waals surface area contributed by atoms with Crippen molar-refractivity contribution in [2.75, 3.05) is 6.54 Å². The molecule has 0 amide bonds. The number of aliphatic carboxylic acids is 1. The summed E-state index contributed by atoms with van der Waals surface area (Å²) in [6, 6.07) is 5.88. The summed E-state index contributed by atoms with van der Waals surface area (Å²) in [5.74, 6) is -1.67. The van der Waals surface area contributed by atoms with Gasteiger partial charge in [0.25, 0.3) is 0 Å². The summed E-state index contributed by atoms with van der Waals surface area (Å²) in [4.78, 5) is 11.2. The number of carbonyl (C=O) groups is 1. The van der Waals surface area contributed by atoms with Gasteiger partial charge in [-0.05, 0) is 53.9 Å². The molecule has 1 N–H and O–H groups in total. The van der Waals surface area contributed by atoms with Crippen molar-refractivity contribution in [2.24, 2.45) is 5.92 Å². The molecule has 0 saturated carbocycles. The van der Waals surface area contributed by atoms with Crippen LogP contribution in [0.15, 0.2) is 27.6 Å². The molecule has 1 aliphatic heterocycles. The summed E-state index contributed by atoms with van der Waals surface area (Å²) < 4.78 is 27.1. The third-order valence-electron chi connectivity index (χ3n) is 3.84. The lowest BCUT2D eigenvalue weighted by Crippen LogP contribution is -2.47. The Balaban J connectivity index is 2.38. The lowest BCUT2D eigenvalue weighted by atomic mass is 9.96. The summed E-state index contributed by atoms with van der Waals surface area (Å²) in [5, 5.41) is 18.0. The van der Waals surface area contributed by atoms with E-state index in [-0.39, 0.29) is 17.5 Å². The van der Waals surface area contributed by atoms with Crippen LogP contribution in [-0.4, -0.2) is 36.4 Å². The molecule has 0 bridgehead atoms. The molecule has 1 heterocycles. The number of sulfonamides is 1. The minimum atomic E-state index is -3.79. The van der Waals surface area contributed by atoms with Gasteiger partial charge in [-0.2, -0.15) is 9.57 Å². The predicted octanol–water partition coefficient (Wildman–Crippen LogP) is 2.19. The number of nitrogens with zero attached hydrogens (tertiary/aromatic N) is 2.